The molecule has 4 rings (SSSR count). The number of benzene rings is 2. The average molecular weight is 455 g/mol. The molecule has 9 heteroatoms. The van der Waals surface area contributed by atoms with Crippen LogP contribution in [0.2, 0.25) is 0 Å². The Morgan fingerprint density at radius 1 is 1.16 bits per heavy atom. The normalized spacial score (nSPS) is 11.8. The lowest BCUT2D eigenvalue weighted by Crippen LogP contribution is -2.28. The van der Waals surface area contributed by atoms with Crippen molar-refractivity contribution < 1.29 is 28.5 Å². The van der Waals surface area contributed by atoms with Crippen LogP contribution in [0.3, 0.4) is 0 Å². The van der Waals surface area contributed by atoms with Crippen LogP contribution >= 0.6 is 11.3 Å². The first kappa shape index (κ1) is 21.6. The Labute approximate surface area is 189 Å². The molecule has 0 aliphatic carbocycles. The molecule has 1 aliphatic heterocycles. The summed E-state index contributed by atoms with van der Waals surface area (Å²) in [5.41, 5.74) is 2.32. The van der Waals surface area contributed by atoms with Crippen LogP contribution in [0.15, 0.2) is 47.8 Å². The Balaban J connectivity index is 1.24. The number of aromatic nitrogens is 1. The van der Waals surface area contributed by atoms with Gasteiger partial charge in [-0.15, -0.1) is 11.3 Å². The Morgan fingerprint density at radius 3 is 2.88 bits per heavy atom. The Hall–Kier alpha value is -3.59. The molecule has 0 bridgehead atoms. The Bertz CT molecular complexity index is 1110. The van der Waals surface area contributed by atoms with E-state index in [4.69, 9.17) is 18.9 Å². The van der Waals surface area contributed by atoms with Crippen LogP contribution in [0.4, 0.5) is 0 Å². The van der Waals surface area contributed by atoms with E-state index < -0.39 is 5.97 Å². The lowest BCUT2D eigenvalue weighted by atomic mass is 10.2. The molecule has 0 fully saturated rings. The number of ether oxygens (including phenoxy) is 4. The van der Waals surface area contributed by atoms with Gasteiger partial charge in [-0.25, -0.2) is 4.98 Å². The second kappa shape index (κ2) is 10.1. The minimum Gasteiger partial charge on any atom is -0.493 e. The smallest absolute Gasteiger partial charge is 0.312 e. The maximum Gasteiger partial charge on any atom is 0.312 e. The van der Waals surface area contributed by atoms with E-state index >= 15 is 0 Å². The van der Waals surface area contributed by atoms with Gasteiger partial charge in [0.1, 0.15) is 10.8 Å². The van der Waals surface area contributed by atoms with Crippen molar-refractivity contribution in [2.75, 3.05) is 20.0 Å². The highest BCUT2D eigenvalue weighted by Gasteiger charge is 2.15. The number of hydrogen-bond donors (Lipinski definition) is 1. The summed E-state index contributed by atoms with van der Waals surface area (Å²) in [6.07, 6.45) is -0.0112. The van der Waals surface area contributed by atoms with Gasteiger partial charge in [-0.1, -0.05) is 18.2 Å². The van der Waals surface area contributed by atoms with Crippen molar-refractivity contribution in [3.05, 3.63) is 59.1 Å². The first-order valence-corrected chi connectivity index (χ1v) is 11.0. The van der Waals surface area contributed by atoms with Crippen LogP contribution < -0.4 is 19.5 Å². The average Bonchev–Trinajstić information content (AvgIpc) is 3.46. The van der Waals surface area contributed by atoms with Crippen LogP contribution in [0.1, 0.15) is 18.2 Å². The van der Waals surface area contributed by atoms with Crippen molar-refractivity contribution >= 4 is 23.2 Å². The fourth-order valence-corrected chi connectivity index (χ4v) is 3.93. The van der Waals surface area contributed by atoms with E-state index in [1.54, 1.807) is 17.5 Å². The fourth-order valence-electron chi connectivity index (χ4n) is 3.08. The summed E-state index contributed by atoms with van der Waals surface area (Å²) < 4.78 is 21.3. The summed E-state index contributed by atoms with van der Waals surface area (Å²) in [5, 5.41) is 5.28. The maximum atomic E-state index is 12.1. The third-order valence-electron chi connectivity index (χ3n) is 4.59. The van der Waals surface area contributed by atoms with Crippen LogP contribution in [-0.2, 0) is 27.3 Å². The van der Waals surface area contributed by atoms with E-state index in [1.165, 1.54) is 11.3 Å². The lowest BCUT2D eigenvalue weighted by Gasteiger charge is -2.07. The molecule has 0 spiro atoms. The highest BCUT2D eigenvalue weighted by Crippen LogP contribution is 2.33. The third-order valence-corrected chi connectivity index (χ3v) is 5.51. The predicted molar refractivity (Wildman–Crippen MR) is 118 cm³/mol. The van der Waals surface area contributed by atoms with Crippen molar-refractivity contribution in [1.82, 2.24) is 10.3 Å². The predicted octanol–water partition coefficient (Wildman–Crippen LogP) is 3.34. The van der Waals surface area contributed by atoms with Gasteiger partial charge in [-0.3, -0.25) is 9.59 Å². The second-order valence-electron chi connectivity index (χ2n) is 6.87. The van der Waals surface area contributed by atoms with Gasteiger partial charge in [0.2, 0.25) is 6.79 Å². The number of rotatable bonds is 9. The quantitative estimate of drug-likeness (QED) is 0.496. The first-order valence-electron chi connectivity index (χ1n) is 10.1. The molecule has 1 aromatic heterocycles. The topological polar surface area (TPSA) is 96.0 Å². The number of nitrogens with zero attached hydrogens (tertiary/aromatic N) is 1. The Morgan fingerprint density at radius 2 is 2.00 bits per heavy atom. The highest BCUT2D eigenvalue weighted by atomic mass is 32.1. The molecule has 32 heavy (non-hydrogen) atoms. The van der Waals surface area contributed by atoms with E-state index in [9.17, 15) is 9.59 Å². The van der Waals surface area contributed by atoms with Crippen molar-refractivity contribution in [1.29, 1.82) is 0 Å². The summed E-state index contributed by atoms with van der Waals surface area (Å²) in [4.78, 5) is 28.7. The minimum atomic E-state index is -0.516. The van der Waals surface area contributed by atoms with Gasteiger partial charge < -0.3 is 24.3 Å². The zero-order chi connectivity index (χ0) is 22.3. The van der Waals surface area contributed by atoms with Gasteiger partial charge >= 0.3 is 5.97 Å². The zero-order valence-electron chi connectivity index (χ0n) is 17.5. The van der Waals surface area contributed by atoms with Gasteiger partial charge in [0.25, 0.3) is 5.91 Å². The van der Waals surface area contributed by atoms with E-state index in [0.717, 1.165) is 21.9 Å². The van der Waals surface area contributed by atoms with Gasteiger partial charge in [0.15, 0.2) is 18.1 Å². The molecule has 0 saturated carbocycles. The fraction of sp³-hybridized carbons (Fsp3) is 0.261. The number of para-hydroxylation sites is 1. The molecule has 0 atom stereocenters. The summed E-state index contributed by atoms with van der Waals surface area (Å²) in [7, 11) is 0. The van der Waals surface area contributed by atoms with E-state index in [2.05, 4.69) is 10.3 Å². The molecule has 0 radical (unpaired) electrons. The molecule has 8 nitrogen and oxygen atoms in total. The summed E-state index contributed by atoms with van der Waals surface area (Å²) in [6.45, 7) is 2.61. The molecule has 3 aromatic rings. The summed E-state index contributed by atoms with van der Waals surface area (Å²) in [5.74, 6) is 1.17. The second-order valence-corrected chi connectivity index (χ2v) is 7.73. The number of amides is 1. The largest absolute Gasteiger partial charge is 0.493 e. The number of esters is 1. The number of carbonyl (C=O) groups is 2. The van der Waals surface area contributed by atoms with Crippen molar-refractivity contribution in [2.24, 2.45) is 0 Å². The molecular weight excluding hydrogens is 432 g/mol. The molecule has 2 heterocycles. The van der Waals surface area contributed by atoms with E-state index in [-0.39, 0.29) is 25.7 Å². The number of thiazole rings is 1. The molecule has 1 amide bonds. The third kappa shape index (κ3) is 5.36. The minimum absolute atomic E-state index is 0.0112. The number of hydrogen-bond acceptors (Lipinski definition) is 8. The standard InChI is InChI=1S/C23H22N2O6S/c1-2-28-18-6-4-3-5-17(18)23-25-16(13-32-23)10-22(27)29-12-21(26)24-11-15-7-8-19-20(9-15)31-14-30-19/h3-9,13H,2,10-12,14H2,1H3,(H,24,26). The lowest BCUT2D eigenvalue weighted by molar-refractivity contribution is -0.147. The summed E-state index contributed by atoms with van der Waals surface area (Å²) in [6, 6.07) is 13.1. The molecule has 0 unspecified atom stereocenters. The maximum absolute atomic E-state index is 12.1. The number of carbonyl (C=O) groups excluding carboxylic acids is 2. The highest BCUT2D eigenvalue weighted by molar-refractivity contribution is 7.13. The molecule has 2 aromatic carbocycles. The number of fused-ring (bicyclic) bond motifs is 1. The van der Waals surface area contributed by atoms with Crippen LogP contribution in [0, 0.1) is 0 Å². The first-order chi connectivity index (χ1) is 15.6. The molecule has 1 N–H and O–H groups in total. The van der Waals surface area contributed by atoms with Crippen LogP contribution in [-0.4, -0.2) is 36.9 Å². The van der Waals surface area contributed by atoms with E-state index in [0.29, 0.717) is 30.3 Å². The molecular formula is C23H22N2O6S. The van der Waals surface area contributed by atoms with Gasteiger partial charge in [-0.2, -0.15) is 0 Å². The summed E-state index contributed by atoms with van der Waals surface area (Å²) >= 11 is 1.43. The molecule has 1 aliphatic rings. The van der Waals surface area contributed by atoms with Crippen molar-refractivity contribution in [3.63, 3.8) is 0 Å². The number of nitrogens with one attached hydrogen (secondary N) is 1. The Kier molecular flexibility index (Phi) is 6.86. The molecule has 166 valence electrons. The van der Waals surface area contributed by atoms with E-state index in [1.807, 2.05) is 37.3 Å². The van der Waals surface area contributed by atoms with Gasteiger partial charge in [-0.05, 0) is 36.8 Å². The van der Waals surface area contributed by atoms with Crippen molar-refractivity contribution in [2.45, 2.75) is 19.9 Å². The monoisotopic (exact) mass is 454 g/mol. The van der Waals surface area contributed by atoms with Crippen molar-refractivity contribution in [3.8, 4) is 27.8 Å². The van der Waals surface area contributed by atoms with Gasteiger partial charge in [0.05, 0.1) is 24.3 Å². The molecule has 0 saturated heterocycles. The van der Waals surface area contributed by atoms with Crippen LogP contribution in [0.25, 0.3) is 10.6 Å². The van der Waals surface area contributed by atoms with Crippen LogP contribution in [0.5, 0.6) is 17.2 Å². The van der Waals surface area contributed by atoms with Gasteiger partial charge in [0, 0.05) is 11.9 Å². The zero-order valence-corrected chi connectivity index (χ0v) is 18.3. The SMILES string of the molecule is CCOc1ccccc1-c1nc(CC(=O)OCC(=O)NCc2ccc3c(c2)OCO3)cs1.